The molecule has 0 saturated carbocycles. The molecule has 0 fully saturated rings. The highest BCUT2D eigenvalue weighted by Crippen LogP contribution is 2.30. The summed E-state index contributed by atoms with van der Waals surface area (Å²) in [5, 5.41) is 3.92. The van der Waals surface area contributed by atoms with Crippen LogP contribution < -0.4 is 5.32 Å². The number of para-hydroxylation sites is 1. The third-order valence-electron chi connectivity index (χ3n) is 4.69. The molecule has 0 aliphatic carbocycles. The number of hydrogen-bond donors (Lipinski definition) is 2. The normalized spacial score (nSPS) is 13.2. The molecule has 1 aliphatic heterocycles. The van der Waals surface area contributed by atoms with Gasteiger partial charge in [-0.1, -0.05) is 18.2 Å². The topological polar surface area (TPSA) is 88.0 Å². The van der Waals surface area contributed by atoms with Crippen molar-refractivity contribution in [2.24, 2.45) is 0 Å². The Morgan fingerprint density at radius 1 is 1.10 bits per heavy atom. The van der Waals surface area contributed by atoms with Gasteiger partial charge in [0, 0.05) is 41.5 Å². The van der Waals surface area contributed by atoms with E-state index in [0.717, 1.165) is 51.4 Å². The molecule has 0 radical (unpaired) electrons. The quantitative estimate of drug-likeness (QED) is 0.461. The maximum atomic E-state index is 12.0. The third kappa shape index (κ3) is 4.50. The first-order valence-electron chi connectivity index (χ1n) is 9.32. The van der Waals surface area contributed by atoms with Gasteiger partial charge in [0.1, 0.15) is 11.3 Å². The number of alkyl halides is 3. The summed E-state index contributed by atoms with van der Waals surface area (Å²) in [5.41, 5.74) is 5.22. The number of aromatic amines is 1. The van der Waals surface area contributed by atoms with E-state index in [1.54, 1.807) is 6.20 Å². The predicted octanol–water partition coefficient (Wildman–Crippen LogP) is 4.52. The molecule has 4 aromatic rings. The second kappa shape index (κ2) is 8.10. The van der Waals surface area contributed by atoms with E-state index >= 15 is 0 Å². The Labute approximate surface area is 174 Å². The molecule has 5 rings (SSSR count). The highest BCUT2D eigenvalue weighted by molar-refractivity contribution is 5.97. The molecule has 0 atom stereocenters. The van der Waals surface area contributed by atoms with E-state index in [1.165, 1.54) is 0 Å². The Morgan fingerprint density at radius 2 is 1.87 bits per heavy atom. The lowest BCUT2D eigenvalue weighted by molar-refractivity contribution is -0.156. The van der Waals surface area contributed by atoms with Crippen molar-refractivity contribution < 1.29 is 27.2 Å². The lowest BCUT2D eigenvalue weighted by Gasteiger charge is -2.10. The maximum absolute atomic E-state index is 12.0. The van der Waals surface area contributed by atoms with Crippen LogP contribution in [0.3, 0.4) is 0 Å². The van der Waals surface area contributed by atoms with Gasteiger partial charge < -0.3 is 14.7 Å². The average molecular weight is 427 g/mol. The highest BCUT2D eigenvalue weighted by Gasteiger charge is 2.25. The summed E-state index contributed by atoms with van der Waals surface area (Å²) in [4.78, 5) is 28.5. The van der Waals surface area contributed by atoms with Crippen LogP contribution in [0.5, 0.6) is 0 Å². The fraction of sp³-hybridized carbons (Fsp3) is 0.136. The van der Waals surface area contributed by atoms with Crippen molar-refractivity contribution in [2.75, 3.05) is 6.54 Å². The van der Waals surface area contributed by atoms with Gasteiger partial charge in [-0.05, 0) is 30.3 Å². The van der Waals surface area contributed by atoms with Gasteiger partial charge in [-0.3, -0.25) is 14.6 Å². The molecule has 2 N–H and O–H groups in total. The Morgan fingerprint density at radius 3 is 2.58 bits per heavy atom. The second-order valence-corrected chi connectivity index (χ2v) is 6.82. The zero-order valence-electron chi connectivity index (χ0n) is 16.0. The zero-order valence-corrected chi connectivity index (χ0v) is 16.0. The predicted molar refractivity (Wildman–Crippen MR) is 107 cm³/mol. The summed E-state index contributed by atoms with van der Waals surface area (Å²) >= 11 is 0. The summed E-state index contributed by atoms with van der Waals surface area (Å²) < 4.78 is 37.2. The van der Waals surface area contributed by atoms with Crippen LogP contribution >= 0.6 is 0 Å². The second-order valence-electron chi connectivity index (χ2n) is 6.82. The van der Waals surface area contributed by atoms with Gasteiger partial charge in [0.2, 0.25) is 6.29 Å². The van der Waals surface area contributed by atoms with E-state index in [0.29, 0.717) is 6.54 Å². The summed E-state index contributed by atoms with van der Waals surface area (Å²) in [6, 6.07) is 15.7. The number of fused-ring (bicyclic) bond motifs is 2. The number of nitrogens with zero attached hydrogens (tertiary/aromatic N) is 1. The molecule has 31 heavy (non-hydrogen) atoms. The molecule has 158 valence electrons. The largest absolute Gasteiger partial charge is 0.454 e. The van der Waals surface area contributed by atoms with E-state index < -0.39 is 12.5 Å². The number of aromatic nitrogens is 2. The van der Waals surface area contributed by atoms with E-state index in [4.69, 9.17) is 9.21 Å². The van der Waals surface area contributed by atoms with Gasteiger partial charge in [-0.15, -0.1) is 0 Å². The van der Waals surface area contributed by atoms with Crippen molar-refractivity contribution in [3.05, 3.63) is 66.0 Å². The highest BCUT2D eigenvalue weighted by atomic mass is 19.4. The van der Waals surface area contributed by atoms with E-state index in [9.17, 15) is 18.0 Å². The van der Waals surface area contributed by atoms with Crippen LogP contribution in [0.15, 0.2) is 59.1 Å². The maximum Gasteiger partial charge on any atom is 0.446 e. The van der Waals surface area contributed by atoms with Crippen LogP contribution in [0, 0.1) is 0 Å². The summed E-state index contributed by atoms with van der Waals surface area (Å²) in [5.74, 6) is 0.715. The molecule has 0 bridgehead atoms. The minimum absolute atomic E-state index is 0.0182. The van der Waals surface area contributed by atoms with Crippen LogP contribution in [0.1, 0.15) is 16.1 Å². The lowest BCUT2D eigenvalue weighted by atomic mass is 10.1. The van der Waals surface area contributed by atoms with Crippen molar-refractivity contribution >= 4 is 23.2 Å². The summed E-state index contributed by atoms with van der Waals surface area (Å²) in [6.45, 7) is 0.673. The molecule has 1 amide bonds. The lowest BCUT2D eigenvalue weighted by Crippen LogP contribution is -2.31. The number of hydrogen-bond acceptors (Lipinski definition) is 4. The van der Waals surface area contributed by atoms with Gasteiger partial charge in [0.05, 0.1) is 5.56 Å². The number of amides is 1. The van der Waals surface area contributed by atoms with E-state index in [2.05, 4.69) is 15.3 Å². The standard InChI is InChI=1S/C20H15N3O2.C2HF3O/c24-20-14-11-16(23-15(14)6-8-22-20)12-5-7-21-17(9-12)19-10-13-3-1-2-4-18(13)25-19;3-2(4,5)1-6/h1-5,7,9-11,23H,6,8H2,(H,22,24);1H. The van der Waals surface area contributed by atoms with Gasteiger partial charge in [0.15, 0.2) is 5.76 Å². The van der Waals surface area contributed by atoms with Gasteiger partial charge in [0.25, 0.3) is 5.91 Å². The Bertz CT molecular complexity index is 1220. The van der Waals surface area contributed by atoms with Crippen molar-refractivity contribution in [3.63, 3.8) is 0 Å². The Kier molecular flexibility index (Phi) is 5.33. The van der Waals surface area contributed by atoms with Gasteiger partial charge in [-0.25, -0.2) is 0 Å². The first-order chi connectivity index (χ1) is 14.8. The zero-order chi connectivity index (χ0) is 22.0. The SMILES string of the molecule is O=C1NCCc2[nH]c(-c3ccnc(-c4cc5ccccc5o4)c3)cc21.O=CC(F)(F)F. The molecular formula is C22H16F3N3O3. The minimum atomic E-state index is -4.64. The minimum Gasteiger partial charge on any atom is -0.454 e. The van der Waals surface area contributed by atoms with Crippen molar-refractivity contribution in [1.29, 1.82) is 0 Å². The molecular weight excluding hydrogens is 411 g/mol. The molecule has 0 unspecified atom stereocenters. The molecule has 4 heterocycles. The fourth-order valence-electron chi connectivity index (χ4n) is 3.29. The molecule has 0 spiro atoms. The summed E-state index contributed by atoms with van der Waals surface area (Å²) in [6.07, 6.45) is -3.12. The van der Waals surface area contributed by atoms with Crippen molar-refractivity contribution in [1.82, 2.24) is 15.3 Å². The molecule has 1 aliphatic rings. The smallest absolute Gasteiger partial charge is 0.446 e. The first-order valence-corrected chi connectivity index (χ1v) is 9.32. The number of furan rings is 1. The van der Waals surface area contributed by atoms with Gasteiger partial charge >= 0.3 is 6.18 Å². The van der Waals surface area contributed by atoms with E-state index in [-0.39, 0.29) is 5.91 Å². The van der Waals surface area contributed by atoms with Gasteiger partial charge in [-0.2, -0.15) is 13.2 Å². The summed E-state index contributed by atoms with van der Waals surface area (Å²) in [7, 11) is 0. The van der Waals surface area contributed by atoms with Crippen molar-refractivity contribution in [3.8, 4) is 22.7 Å². The number of nitrogens with one attached hydrogen (secondary N) is 2. The molecule has 0 saturated heterocycles. The fourth-order valence-corrected chi connectivity index (χ4v) is 3.29. The monoisotopic (exact) mass is 427 g/mol. The van der Waals surface area contributed by atoms with Crippen LogP contribution in [0.25, 0.3) is 33.7 Å². The first kappa shape index (κ1) is 20.4. The molecule has 3 aromatic heterocycles. The van der Waals surface area contributed by atoms with Crippen LogP contribution in [-0.2, 0) is 11.2 Å². The van der Waals surface area contributed by atoms with Crippen LogP contribution in [-0.4, -0.2) is 34.9 Å². The number of pyridine rings is 1. The number of carbonyl (C=O) groups excluding carboxylic acids is 2. The number of halogens is 3. The average Bonchev–Trinajstić information content (AvgIpc) is 3.39. The molecule has 9 heteroatoms. The number of aldehydes is 1. The van der Waals surface area contributed by atoms with E-state index in [1.807, 2.05) is 48.5 Å². The van der Waals surface area contributed by atoms with Crippen LogP contribution in [0.4, 0.5) is 13.2 Å². The number of H-pyrrole nitrogens is 1. The number of carbonyl (C=O) groups is 2. The number of rotatable bonds is 2. The number of benzene rings is 1. The molecule has 1 aromatic carbocycles. The molecule has 6 nitrogen and oxygen atoms in total. The van der Waals surface area contributed by atoms with Crippen molar-refractivity contribution in [2.45, 2.75) is 12.6 Å². The third-order valence-corrected chi connectivity index (χ3v) is 4.69. The van der Waals surface area contributed by atoms with Crippen LogP contribution in [0.2, 0.25) is 0 Å². The Balaban J connectivity index is 0.000000342. The Hall–Kier alpha value is -3.88.